The van der Waals surface area contributed by atoms with Crippen LogP contribution in [-0.4, -0.2) is 62.9 Å². The molecule has 0 radical (unpaired) electrons. The maximum Gasteiger partial charge on any atom is 0.281 e. The molecule has 10 heteroatoms. The predicted octanol–water partition coefficient (Wildman–Crippen LogP) is -0.425. The van der Waals surface area contributed by atoms with E-state index in [1.807, 2.05) is 0 Å². The highest BCUT2D eigenvalue weighted by Gasteiger charge is 2.30. The molecular formula is C15H19N5O4S. The average molecular weight is 365 g/mol. The Morgan fingerprint density at radius 2 is 1.96 bits per heavy atom. The average Bonchev–Trinajstić information content (AvgIpc) is 3.29. The first-order valence-electron chi connectivity index (χ1n) is 8.35. The SMILES string of the molecule is O=C(Cn1cnc2c(ncn2C2CCS(=O)(=O)C2)c1=O)N1CCCC1. The summed E-state index contributed by atoms with van der Waals surface area (Å²) in [6.07, 6.45) is 5.29. The van der Waals surface area contributed by atoms with Gasteiger partial charge in [0.15, 0.2) is 21.0 Å². The summed E-state index contributed by atoms with van der Waals surface area (Å²) >= 11 is 0. The number of hydrogen-bond donors (Lipinski definition) is 0. The van der Waals surface area contributed by atoms with E-state index in [2.05, 4.69) is 9.97 Å². The monoisotopic (exact) mass is 365 g/mol. The van der Waals surface area contributed by atoms with Crippen LogP contribution in [0.25, 0.3) is 11.2 Å². The first-order chi connectivity index (χ1) is 11.9. The van der Waals surface area contributed by atoms with Crippen molar-refractivity contribution in [2.75, 3.05) is 24.6 Å². The number of hydrogen-bond acceptors (Lipinski definition) is 6. The summed E-state index contributed by atoms with van der Waals surface area (Å²) in [5, 5.41) is 0. The van der Waals surface area contributed by atoms with E-state index in [0.29, 0.717) is 12.1 Å². The Kier molecular flexibility index (Phi) is 3.86. The van der Waals surface area contributed by atoms with Crippen LogP contribution in [0.5, 0.6) is 0 Å². The first-order valence-corrected chi connectivity index (χ1v) is 10.2. The van der Waals surface area contributed by atoms with Gasteiger partial charge in [0, 0.05) is 13.1 Å². The second-order valence-electron chi connectivity index (χ2n) is 6.65. The summed E-state index contributed by atoms with van der Waals surface area (Å²) < 4.78 is 26.3. The van der Waals surface area contributed by atoms with Gasteiger partial charge in [-0.3, -0.25) is 14.2 Å². The van der Waals surface area contributed by atoms with Crippen LogP contribution in [0.4, 0.5) is 0 Å². The highest BCUT2D eigenvalue weighted by atomic mass is 32.2. The van der Waals surface area contributed by atoms with Gasteiger partial charge in [-0.25, -0.2) is 18.4 Å². The number of carbonyl (C=O) groups is 1. The van der Waals surface area contributed by atoms with Crippen molar-refractivity contribution in [3.8, 4) is 0 Å². The molecule has 0 spiro atoms. The third kappa shape index (κ3) is 2.94. The van der Waals surface area contributed by atoms with Crippen molar-refractivity contribution < 1.29 is 13.2 Å². The fourth-order valence-electron chi connectivity index (χ4n) is 3.53. The van der Waals surface area contributed by atoms with Crippen LogP contribution >= 0.6 is 0 Å². The maximum atomic E-state index is 12.6. The molecule has 0 aromatic carbocycles. The zero-order valence-electron chi connectivity index (χ0n) is 13.7. The number of sulfone groups is 1. The van der Waals surface area contributed by atoms with Gasteiger partial charge in [0.2, 0.25) is 5.91 Å². The molecule has 0 bridgehead atoms. The van der Waals surface area contributed by atoms with Gasteiger partial charge < -0.3 is 9.47 Å². The van der Waals surface area contributed by atoms with E-state index in [-0.39, 0.29) is 41.1 Å². The van der Waals surface area contributed by atoms with Gasteiger partial charge in [-0.15, -0.1) is 0 Å². The van der Waals surface area contributed by atoms with Gasteiger partial charge in [0.05, 0.1) is 23.9 Å². The number of rotatable bonds is 3. The smallest absolute Gasteiger partial charge is 0.281 e. The Morgan fingerprint density at radius 3 is 2.64 bits per heavy atom. The Bertz CT molecular complexity index is 987. The molecule has 2 fully saturated rings. The molecule has 0 N–H and O–H groups in total. The number of nitrogens with zero attached hydrogens (tertiary/aromatic N) is 5. The van der Waals surface area contributed by atoms with Gasteiger partial charge in [0.1, 0.15) is 12.9 Å². The van der Waals surface area contributed by atoms with Crippen LogP contribution in [0.3, 0.4) is 0 Å². The number of fused-ring (bicyclic) bond motifs is 1. The lowest BCUT2D eigenvalue weighted by Gasteiger charge is -2.15. The van der Waals surface area contributed by atoms with E-state index in [0.717, 1.165) is 25.9 Å². The van der Waals surface area contributed by atoms with E-state index in [9.17, 15) is 18.0 Å². The molecule has 1 amide bonds. The zero-order valence-corrected chi connectivity index (χ0v) is 14.5. The number of likely N-dealkylation sites (tertiary alicyclic amines) is 1. The molecule has 134 valence electrons. The molecule has 1 unspecified atom stereocenters. The highest BCUT2D eigenvalue weighted by molar-refractivity contribution is 7.91. The Balaban J connectivity index is 1.63. The number of carbonyl (C=O) groups excluding carboxylic acids is 1. The molecular weight excluding hydrogens is 346 g/mol. The standard InChI is InChI=1S/C15H19N5O4S/c21-12(18-4-1-2-5-18)7-19-9-17-14-13(15(19)22)16-10-20(14)11-3-6-25(23,24)8-11/h9-11H,1-8H2. The van der Waals surface area contributed by atoms with Gasteiger partial charge in [-0.2, -0.15) is 0 Å². The number of aromatic nitrogens is 4. The molecule has 2 aromatic heterocycles. The maximum absolute atomic E-state index is 12.6. The van der Waals surface area contributed by atoms with Crippen LogP contribution in [0.1, 0.15) is 25.3 Å². The predicted molar refractivity (Wildman–Crippen MR) is 89.9 cm³/mol. The van der Waals surface area contributed by atoms with Crippen molar-refractivity contribution in [2.45, 2.75) is 31.8 Å². The Labute approximate surface area is 144 Å². The van der Waals surface area contributed by atoms with Crippen LogP contribution in [0.2, 0.25) is 0 Å². The minimum Gasteiger partial charge on any atom is -0.341 e. The lowest BCUT2D eigenvalue weighted by Crippen LogP contribution is -2.34. The fourth-order valence-corrected chi connectivity index (χ4v) is 5.24. The zero-order chi connectivity index (χ0) is 17.6. The van der Waals surface area contributed by atoms with Crippen molar-refractivity contribution in [1.82, 2.24) is 24.0 Å². The molecule has 0 aliphatic carbocycles. The fraction of sp³-hybridized carbons (Fsp3) is 0.600. The van der Waals surface area contributed by atoms with Crippen LogP contribution in [-0.2, 0) is 21.2 Å². The minimum absolute atomic E-state index is 0.0384. The number of amides is 1. The summed E-state index contributed by atoms with van der Waals surface area (Å²) in [6, 6.07) is -0.246. The third-order valence-corrected chi connectivity index (χ3v) is 6.67. The molecule has 4 rings (SSSR count). The van der Waals surface area contributed by atoms with E-state index in [4.69, 9.17) is 0 Å². The van der Waals surface area contributed by atoms with Gasteiger partial charge in [-0.1, -0.05) is 0 Å². The van der Waals surface area contributed by atoms with Crippen molar-refractivity contribution >= 4 is 26.9 Å². The second kappa shape index (κ2) is 5.94. The first kappa shape index (κ1) is 16.2. The normalized spacial score (nSPS) is 22.7. The van der Waals surface area contributed by atoms with Crippen molar-refractivity contribution in [2.24, 2.45) is 0 Å². The lowest BCUT2D eigenvalue weighted by molar-refractivity contribution is -0.130. The molecule has 2 aliphatic rings. The molecule has 25 heavy (non-hydrogen) atoms. The van der Waals surface area contributed by atoms with E-state index in [1.54, 1.807) is 9.47 Å². The summed E-state index contributed by atoms with van der Waals surface area (Å²) in [6.45, 7) is 1.41. The molecule has 0 saturated carbocycles. The molecule has 9 nitrogen and oxygen atoms in total. The summed E-state index contributed by atoms with van der Waals surface area (Å²) in [4.78, 5) is 35.0. The van der Waals surface area contributed by atoms with Gasteiger partial charge >= 0.3 is 0 Å². The summed E-state index contributed by atoms with van der Waals surface area (Å²) in [5.41, 5.74) is 0.162. The highest BCUT2D eigenvalue weighted by Crippen LogP contribution is 2.25. The van der Waals surface area contributed by atoms with Crippen LogP contribution in [0, 0.1) is 0 Å². The molecule has 2 aliphatic heterocycles. The van der Waals surface area contributed by atoms with E-state index >= 15 is 0 Å². The van der Waals surface area contributed by atoms with E-state index in [1.165, 1.54) is 17.2 Å². The van der Waals surface area contributed by atoms with Crippen molar-refractivity contribution in [3.63, 3.8) is 0 Å². The molecule has 1 atom stereocenters. The molecule has 4 heterocycles. The summed E-state index contributed by atoms with van der Waals surface area (Å²) in [7, 11) is -3.04. The van der Waals surface area contributed by atoms with Crippen LogP contribution in [0.15, 0.2) is 17.4 Å². The van der Waals surface area contributed by atoms with Crippen molar-refractivity contribution in [3.05, 3.63) is 23.0 Å². The Hall–Kier alpha value is -2.23. The van der Waals surface area contributed by atoms with Crippen molar-refractivity contribution in [1.29, 1.82) is 0 Å². The third-order valence-electron chi connectivity index (χ3n) is 4.92. The largest absolute Gasteiger partial charge is 0.341 e. The topological polar surface area (TPSA) is 107 Å². The van der Waals surface area contributed by atoms with Gasteiger partial charge in [-0.05, 0) is 19.3 Å². The molecule has 2 aromatic rings. The summed E-state index contributed by atoms with van der Waals surface area (Å²) in [5.74, 6) is 0.0807. The number of imidazole rings is 1. The Morgan fingerprint density at radius 1 is 1.20 bits per heavy atom. The van der Waals surface area contributed by atoms with Crippen LogP contribution < -0.4 is 5.56 Å². The lowest BCUT2D eigenvalue weighted by atomic mass is 10.2. The minimum atomic E-state index is -3.04. The van der Waals surface area contributed by atoms with Gasteiger partial charge in [0.25, 0.3) is 5.56 Å². The van der Waals surface area contributed by atoms with E-state index < -0.39 is 9.84 Å². The molecule has 2 saturated heterocycles. The quantitative estimate of drug-likeness (QED) is 0.731. The second-order valence-corrected chi connectivity index (χ2v) is 8.88.